The Kier molecular flexibility index (Phi) is 6.96. The number of carbonyl (C=O) groups is 3. The molecule has 2 unspecified atom stereocenters. The second-order valence-corrected chi connectivity index (χ2v) is 8.91. The Bertz CT molecular complexity index is 987. The molecule has 0 radical (unpaired) electrons. The average Bonchev–Trinajstić information content (AvgIpc) is 3.61. The number of carboxylic acids is 1. The second-order valence-electron chi connectivity index (χ2n) is 8.91. The van der Waals surface area contributed by atoms with Crippen LogP contribution in [0.25, 0.3) is 11.1 Å². The quantitative estimate of drug-likeness (QED) is 0.509. The summed E-state index contributed by atoms with van der Waals surface area (Å²) in [6.07, 6.45) is 1.99. The van der Waals surface area contributed by atoms with Gasteiger partial charge in [-0.2, -0.15) is 0 Å². The van der Waals surface area contributed by atoms with Crippen LogP contribution in [0.5, 0.6) is 0 Å². The van der Waals surface area contributed by atoms with Crippen LogP contribution in [0.4, 0.5) is 4.79 Å². The van der Waals surface area contributed by atoms with Gasteiger partial charge in [0.25, 0.3) is 0 Å². The fourth-order valence-corrected chi connectivity index (χ4v) is 4.54. The van der Waals surface area contributed by atoms with Crippen LogP contribution in [0, 0.1) is 11.8 Å². The van der Waals surface area contributed by atoms with Crippen LogP contribution in [0.3, 0.4) is 0 Å². The molecular formula is C26H30N2O5. The third kappa shape index (κ3) is 5.35. The van der Waals surface area contributed by atoms with E-state index in [2.05, 4.69) is 34.9 Å². The number of fused-ring (bicyclic) bond motifs is 3. The molecule has 3 N–H and O–H groups in total. The number of hydrogen-bond donors (Lipinski definition) is 3. The summed E-state index contributed by atoms with van der Waals surface area (Å²) < 4.78 is 5.55. The number of rotatable bonds is 10. The molecule has 174 valence electrons. The lowest BCUT2D eigenvalue weighted by molar-refractivity contribution is -0.142. The largest absolute Gasteiger partial charge is 0.480 e. The summed E-state index contributed by atoms with van der Waals surface area (Å²) in [5.74, 6) is -1.36. The Morgan fingerprint density at radius 2 is 1.64 bits per heavy atom. The van der Waals surface area contributed by atoms with Crippen LogP contribution < -0.4 is 10.6 Å². The maximum absolute atomic E-state index is 12.4. The van der Waals surface area contributed by atoms with Crippen molar-refractivity contribution in [3.8, 4) is 11.1 Å². The van der Waals surface area contributed by atoms with Crippen molar-refractivity contribution in [3.63, 3.8) is 0 Å². The molecule has 1 fully saturated rings. The lowest BCUT2D eigenvalue weighted by Crippen LogP contribution is -2.43. The van der Waals surface area contributed by atoms with Gasteiger partial charge in [0.05, 0.1) is 0 Å². The van der Waals surface area contributed by atoms with Crippen LogP contribution in [0.1, 0.15) is 49.7 Å². The first-order valence-electron chi connectivity index (χ1n) is 11.6. The predicted octanol–water partition coefficient (Wildman–Crippen LogP) is 3.92. The van der Waals surface area contributed by atoms with Gasteiger partial charge in [-0.15, -0.1) is 0 Å². The Hall–Kier alpha value is -3.35. The zero-order chi connectivity index (χ0) is 23.4. The van der Waals surface area contributed by atoms with E-state index in [0.29, 0.717) is 13.0 Å². The number of alkyl carbamates (subject to hydrolysis) is 1. The average molecular weight is 451 g/mol. The third-order valence-electron chi connectivity index (χ3n) is 6.61. The zero-order valence-electron chi connectivity index (χ0n) is 18.8. The van der Waals surface area contributed by atoms with E-state index in [1.54, 1.807) is 0 Å². The van der Waals surface area contributed by atoms with Gasteiger partial charge >= 0.3 is 12.1 Å². The van der Waals surface area contributed by atoms with E-state index in [0.717, 1.165) is 24.0 Å². The Labute approximate surface area is 193 Å². The fourth-order valence-electron chi connectivity index (χ4n) is 4.54. The van der Waals surface area contributed by atoms with Crippen molar-refractivity contribution in [1.82, 2.24) is 10.6 Å². The zero-order valence-corrected chi connectivity index (χ0v) is 18.8. The molecule has 2 aromatic carbocycles. The van der Waals surface area contributed by atoms with Gasteiger partial charge in [-0.1, -0.05) is 61.9 Å². The van der Waals surface area contributed by atoms with Gasteiger partial charge in [0.15, 0.2) is 0 Å². The lowest BCUT2D eigenvalue weighted by atomic mass is 9.98. The topological polar surface area (TPSA) is 105 Å². The van der Waals surface area contributed by atoms with E-state index >= 15 is 0 Å². The van der Waals surface area contributed by atoms with Gasteiger partial charge in [-0.25, -0.2) is 9.59 Å². The molecule has 0 saturated heterocycles. The molecule has 2 atom stereocenters. The SMILES string of the molecule is CCC(CNC(=O)OCC1c2ccccc2-c2ccccc21)CC(=O)NC(C(=O)O)C1CC1. The maximum atomic E-state index is 12.4. The first-order chi connectivity index (χ1) is 16.0. The number of ether oxygens (including phenoxy) is 1. The predicted molar refractivity (Wildman–Crippen MR) is 124 cm³/mol. The molecule has 2 aliphatic carbocycles. The molecule has 1 saturated carbocycles. The highest BCUT2D eigenvalue weighted by Gasteiger charge is 2.37. The van der Waals surface area contributed by atoms with Gasteiger partial charge < -0.3 is 20.5 Å². The van der Waals surface area contributed by atoms with Crippen molar-refractivity contribution in [2.75, 3.05) is 13.2 Å². The van der Waals surface area contributed by atoms with Gasteiger partial charge in [0.2, 0.25) is 5.91 Å². The van der Waals surface area contributed by atoms with Crippen LogP contribution in [-0.4, -0.2) is 42.3 Å². The monoisotopic (exact) mass is 450 g/mol. The number of carboxylic acid groups (broad SMARTS) is 1. The molecule has 0 heterocycles. The molecule has 0 spiro atoms. The highest BCUT2D eigenvalue weighted by atomic mass is 16.5. The number of carbonyl (C=O) groups excluding carboxylic acids is 2. The van der Waals surface area contributed by atoms with Crippen LogP contribution in [0.15, 0.2) is 48.5 Å². The second kappa shape index (κ2) is 10.1. The highest BCUT2D eigenvalue weighted by Crippen LogP contribution is 2.44. The minimum atomic E-state index is -0.990. The standard InChI is InChI=1S/C26H30N2O5/c1-2-16(13-23(29)28-24(25(30)31)17-11-12-17)14-27-26(32)33-15-22-20-9-5-3-7-18(20)19-8-4-6-10-21(19)22/h3-10,16-17,22,24H,2,11-15H2,1H3,(H,27,32)(H,28,29)(H,30,31). The van der Waals surface area contributed by atoms with E-state index in [-0.39, 0.29) is 36.7 Å². The van der Waals surface area contributed by atoms with Gasteiger partial charge in [0.1, 0.15) is 12.6 Å². The number of amides is 2. The minimum Gasteiger partial charge on any atom is -0.480 e. The summed E-state index contributed by atoms with van der Waals surface area (Å²) in [6, 6.07) is 15.5. The summed E-state index contributed by atoms with van der Waals surface area (Å²) >= 11 is 0. The molecule has 2 amide bonds. The van der Waals surface area contributed by atoms with Crippen LogP contribution in [0.2, 0.25) is 0 Å². The molecule has 7 nitrogen and oxygen atoms in total. The maximum Gasteiger partial charge on any atom is 0.407 e. The molecular weight excluding hydrogens is 420 g/mol. The van der Waals surface area contributed by atoms with Crippen LogP contribution >= 0.6 is 0 Å². The van der Waals surface area contributed by atoms with Crippen LogP contribution in [-0.2, 0) is 14.3 Å². The number of aliphatic carboxylic acids is 1. The molecule has 33 heavy (non-hydrogen) atoms. The van der Waals surface area contributed by atoms with Crippen molar-refractivity contribution >= 4 is 18.0 Å². The minimum absolute atomic E-state index is 0.00808. The summed E-state index contributed by atoms with van der Waals surface area (Å²) in [5.41, 5.74) is 4.64. The first-order valence-corrected chi connectivity index (χ1v) is 11.6. The van der Waals surface area contributed by atoms with Gasteiger partial charge in [0, 0.05) is 18.9 Å². The molecule has 0 bridgehead atoms. The number of benzene rings is 2. The highest BCUT2D eigenvalue weighted by molar-refractivity contribution is 5.84. The van der Waals surface area contributed by atoms with E-state index < -0.39 is 18.1 Å². The molecule has 0 aromatic heterocycles. The lowest BCUT2D eigenvalue weighted by Gasteiger charge is -2.19. The summed E-state index contributed by atoms with van der Waals surface area (Å²) in [5, 5.41) is 14.7. The van der Waals surface area contributed by atoms with E-state index in [4.69, 9.17) is 4.74 Å². The van der Waals surface area contributed by atoms with Gasteiger partial charge in [-0.05, 0) is 46.9 Å². The fraction of sp³-hybridized carbons (Fsp3) is 0.423. The molecule has 0 aliphatic heterocycles. The summed E-state index contributed by atoms with van der Waals surface area (Å²) in [7, 11) is 0. The molecule has 2 aliphatic rings. The van der Waals surface area contributed by atoms with Crippen molar-refractivity contribution in [2.24, 2.45) is 11.8 Å². The van der Waals surface area contributed by atoms with E-state index in [1.165, 1.54) is 11.1 Å². The van der Waals surface area contributed by atoms with E-state index in [9.17, 15) is 19.5 Å². The smallest absolute Gasteiger partial charge is 0.407 e. The van der Waals surface area contributed by atoms with Crippen molar-refractivity contribution < 1.29 is 24.2 Å². The molecule has 2 aromatic rings. The van der Waals surface area contributed by atoms with Gasteiger partial charge in [-0.3, -0.25) is 4.79 Å². The van der Waals surface area contributed by atoms with Crippen molar-refractivity contribution in [1.29, 1.82) is 0 Å². The molecule has 7 heteroatoms. The Morgan fingerprint density at radius 1 is 1.03 bits per heavy atom. The summed E-state index contributed by atoms with van der Waals surface area (Å²) in [4.78, 5) is 36.0. The Balaban J connectivity index is 1.27. The van der Waals surface area contributed by atoms with Crippen molar-refractivity contribution in [3.05, 3.63) is 59.7 Å². The normalized spacial score (nSPS) is 16.3. The third-order valence-corrected chi connectivity index (χ3v) is 6.61. The van der Waals surface area contributed by atoms with E-state index in [1.807, 2.05) is 31.2 Å². The molecule has 4 rings (SSSR count). The van der Waals surface area contributed by atoms with Crippen molar-refractivity contribution in [2.45, 2.75) is 44.6 Å². The summed E-state index contributed by atoms with van der Waals surface area (Å²) in [6.45, 7) is 2.47. The Morgan fingerprint density at radius 3 is 2.18 bits per heavy atom. The number of hydrogen-bond acceptors (Lipinski definition) is 4. The number of nitrogens with one attached hydrogen (secondary N) is 2. The first kappa shape index (κ1) is 22.8.